The van der Waals surface area contributed by atoms with Gasteiger partial charge in [-0.2, -0.15) is 16.6 Å². The van der Waals surface area contributed by atoms with Crippen LogP contribution in [-0.2, 0) is 5.41 Å². The lowest BCUT2D eigenvalue weighted by Gasteiger charge is -1.98. The largest absolute Gasteiger partial charge is 0.197 e. The molecular weight excluding hydrogens is 142 g/mol. The predicted octanol–water partition coefficient (Wildman–Crippen LogP) is 2.30. The van der Waals surface area contributed by atoms with Crippen molar-refractivity contribution in [2.75, 3.05) is 0 Å². The topological polar surface area (TPSA) is 23.8 Å². The molecule has 0 spiro atoms. The van der Waals surface area contributed by atoms with Crippen molar-refractivity contribution in [2.24, 2.45) is 0 Å². The summed E-state index contributed by atoms with van der Waals surface area (Å²) in [6.45, 7) is 0. The molecule has 1 aromatic heterocycles. The molecule has 10 heavy (non-hydrogen) atoms. The molecule has 50 valence electrons. The highest BCUT2D eigenvalue weighted by atomic mass is 32.1. The summed E-state index contributed by atoms with van der Waals surface area (Å²) in [5, 5.41) is 12.9. The number of hydrogen-bond donors (Lipinski definition) is 0. The van der Waals surface area contributed by atoms with Crippen LogP contribution in [-0.4, -0.2) is 0 Å². The molecule has 1 nitrogen and oxygen atoms in total. The minimum atomic E-state index is -0.0694. The highest BCUT2D eigenvalue weighted by Gasteiger charge is 2.44. The minimum Gasteiger partial charge on any atom is -0.197 e. The van der Waals surface area contributed by atoms with Gasteiger partial charge in [0, 0.05) is 0 Å². The van der Waals surface area contributed by atoms with E-state index in [0.29, 0.717) is 0 Å². The third-order valence-electron chi connectivity index (χ3n) is 2.04. The zero-order valence-corrected chi connectivity index (χ0v) is 6.32. The maximum absolute atomic E-state index is 8.78. The third-order valence-corrected chi connectivity index (χ3v) is 2.72. The number of thiophene rings is 1. The molecule has 0 aliphatic heterocycles. The Hall–Kier alpha value is -0.810. The summed E-state index contributed by atoms with van der Waals surface area (Å²) in [5.41, 5.74) is 1.15. The van der Waals surface area contributed by atoms with Crippen LogP contribution in [0.5, 0.6) is 0 Å². The van der Waals surface area contributed by atoms with Crippen molar-refractivity contribution in [3.8, 4) is 6.07 Å². The minimum absolute atomic E-state index is 0.0694. The van der Waals surface area contributed by atoms with Crippen LogP contribution >= 0.6 is 11.3 Å². The van der Waals surface area contributed by atoms with E-state index in [4.69, 9.17) is 5.26 Å². The summed E-state index contributed by atoms with van der Waals surface area (Å²) in [5.74, 6) is 0. The van der Waals surface area contributed by atoms with E-state index in [1.165, 1.54) is 5.56 Å². The average Bonchev–Trinajstić information content (AvgIpc) is 2.58. The maximum atomic E-state index is 8.78. The van der Waals surface area contributed by atoms with Crippen molar-refractivity contribution in [1.29, 1.82) is 5.26 Å². The van der Waals surface area contributed by atoms with Gasteiger partial charge in [0.05, 0.1) is 11.5 Å². The summed E-state index contributed by atoms with van der Waals surface area (Å²) in [6.07, 6.45) is 2.11. The molecule has 0 unspecified atom stereocenters. The lowest BCUT2D eigenvalue weighted by Crippen LogP contribution is -1.98. The van der Waals surface area contributed by atoms with Crippen LogP contribution in [0, 0.1) is 11.3 Å². The first-order valence-electron chi connectivity index (χ1n) is 3.31. The second-order valence-electron chi connectivity index (χ2n) is 2.71. The van der Waals surface area contributed by atoms with Crippen molar-refractivity contribution in [1.82, 2.24) is 0 Å². The van der Waals surface area contributed by atoms with Gasteiger partial charge in [-0.25, -0.2) is 0 Å². The van der Waals surface area contributed by atoms with Crippen LogP contribution in [0.4, 0.5) is 0 Å². The molecule has 1 saturated carbocycles. The van der Waals surface area contributed by atoms with Gasteiger partial charge in [0.2, 0.25) is 0 Å². The molecule has 2 rings (SSSR count). The first-order chi connectivity index (χ1) is 4.87. The quantitative estimate of drug-likeness (QED) is 0.601. The van der Waals surface area contributed by atoms with E-state index >= 15 is 0 Å². The second-order valence-corrected chi connectivity index (χ2v) is 3.49. The fourth-order valence-electron chi connectivity index (χ4n) is 1.13. The number of nitrogens with zero attached hydrogens (tertiary/aromatic N) is 1. The smallest absolute Gasteiger partial charge is 0.0831 e. The van der Waals surface area contributed by atoms with E-state index in [1.54, 1.807) is 11.3 Å². The average molecular weight is 149 g/mol. The number of hydrogen-bond acceptors (Lipinski definition) is 2. The fourth-order valence-corrected chi connectivity index (χ4v) is 1.88. The van der Waals surface area contributed by atoms with Gasteiger partial charge < -0.3 is 0 Å². The van der Waals surface area contributed by atoms with Crippen LogP contribution < -0.4 is 0 Å². The molecule has 0 saturated heterocycles. The van der Waals surface area contributed by atoms with E-state index in [9.17, 15) is 0 Å². The molecule has 1 aliphatic carbocycles. The molecule has 0 aromatic carbocycles. The van der Waals surface area contributed by atoms with E-state index in [1.807, 2.05) is 5.38 Å². The first kappa shape index (κ1) is 5.94. The first-order valence-corrected chi connectivity index (χ1v) is 4.26. The van der Waals surface area contributed by atoms with E-state index in [2.05, 4.69) is 17.5 Å². The molecule has 0 N–H and O–H groups in total. The van der Waals surface area contributed by atoms with Crippen LogP contribution in [0.1, 0.15) is 18.4 Å². The van der Waals surface area contributed by atoms with Crippen molar-refractivity contribution >= 4 is 11.3 Å². The summed E-state index contributed by atoms with van der Waals surface area (Å²) < 4.78 is 0. The standard InChI is InChI=1S/C8H7NS/c9-6-8(2-3-8)7-1-4-10-5-7/h1,4-5H,2-3H2. The summed E-state index contributed by atoms with van der Waals surface area (Å²) in [7, 11) is 0. The highest BCUT2D eigenvalue weighted by Crippen LogP contribution is 2.47. The maximum Gasteiger partial charge on any atom is 0.0831 e. The molecule has 0 atom stereocenters. The molecule has 0 amide bonds. The molecule has 1 aliphatic rings. The predicted molar refractivity (Wildman–Crippen MR) is 40.8 cm³/mol. The van der Waals surface area contributed by atoms with Crippen molar-refractivity contribution < 1.29 is 0 Å². The van der Waals surface area contributed by atoms with Gasteiger partial charge in [0.15, 0.2) is 0 Å². The monoisotopic (exact) mass is 149 g/mol. The molecule has 1 aromatic rings. The summed E-state index contributed by atoms with van der Waals surface area (Å²) >= 11 is 1.67. The second kappa shape index (κ2) is 1.83. The van der Waals surface area contributed by atoms with Gasteiger partial charge in [-0.1, -0.05) is 0 Å². The van der Waals surface area contributed by atoms with Gasteiger partial charge >= 0.3 is 0 Å². The zero-order valence-electron chi connectivity index (χ0n) is 5.50. The molecule has 1 heterocycles. The highest BCUT2D eigenvalue weighted by molar-refractivity contribution is 7.08. The zero-order chi connectivity index (χ0) is 7.03. The van der Waals surface area contributed by atoms with Crippen molar-refractivity contribution in [3.63, 3.8) is 0 Å². The van der Waals surface area contributed by atoms with Gasteiger partial charge in [0.1, 0.15) is 0 Å². The van der Waals surface area contributed by atoms with Crippen LogP contribution in [0.15, 0.2) is 16.8 Å². The van der Waals surface area contributed by atoms with Crippen LogP contribution in [0.25, 0.3) is 0 Å². The lowest BCUT2D eigenvalue weighted by molar-refractivity contribution is 0.916. The molecule has 1 fully saturated rings. The van der Waals surface area contributed by atoms with Gasteiger partial charge in [-0.3, -0.25) is 0 Å². The van der Waals surface area contributed by atoms with Crippen molar-refractivity contribution in [2.45, 2.75) is 18.3 Å². The molecule has 2 heteroatoms. The van der Waals surface area contributed by atoms with Gasteiger partial charge in [-0.05, 0) is 35.2 Å². The van der Waals surface area contributed by atoms with Gasteiger partial charge in [-0.15, -0.1) is 0 Å². The third kappa shape index (κ3) is 0.676. The van der Waals surface area contributed by atoms with E-state index < -0.39 is 0 Å². The normalized spacial score (nSPS) is 19.9. The Bertz CT molecular complexity index is 264. The Morgan fingerprint density at radius 1 is 1.60 bits per heavy atom. The Labute approximate surface area is 63.9 Å². The Morgan fingerprint density at radius 2 is 2.40 bits per heavy atom. The molecular formula is C8H7NS. The Kier molecular flexibility index (Phi) is 1.09. The van der Waals surface area contributed by atoms with Gasteiger partial charge in [0.25, 0.3) is 0 Å². The SMILES string of the molecule is N#CC1(c2ccsc2)CC1. The lowest BCUT2D eigenvalue weighted by atomic mass is 10.0. The fraction of sp³-hybridized carbons (Fsp3) is 0.375. The Morgan fingerprint density at radius 3 is 2.80 bits per heavy atom. The molecule has 0 bridgehead atoms. The Balaban J connectivity index is 2.38. The van der Waals surface area contributed by atoms with Crippen LogP contribution in [0.2, 0.25) is 0 Å². The van der Waals surface area contributed by atoms with Crippen molar-refractivity contribution in [3.05, 3.63) is 22.4 Å². The van der Waals surface area contributed by atoms with E-state index in [-0.39, 0.29) is 5.41 Å². The number of rotatable bonds is 1. The molecule has 0 radical (unpaired) electrons. The summed E-state index contributed by atoms with van der Waals surface area (Å²) in [6, 6.07) is 4.42. The number of nitriles is 1. The summed E-state index contributed by atoms with van der Waals surface area (Å²) in [4.78, 5) is 0. The van der Waals surface area contributed by atoms with Crippen LogP contribution in [0.3, 0.4) is 0 Å². The van der Waals surface area contributed by atoms with E-state index in [0.717, 1.165) is 12.8 Å².